The number of ether oxygens (including phenoxy) is 2. The summed E-state index contributed by atoms with van der Waals surface area (Å²) in [4.78, 5) is 0. The maximum atomic E-state index is 5.39. The largest absolute Gasteiger partial charge is 0.420 e. The molecule has 0 N–H and O–H groups in total. The highest BCUT2D eigenvalue weighted by Gasteiger charge is 2.23. The Balaban J connectivity index is 2.03. The van der Waals surface area contributed by atoms with Crippen molar-refractivity contribution in [3.63, 3.8) is 0 Å². The van der Waals surface area contributed by atoms with Crippen LogP contribution in [0.15, 0.2) is 4.42 Å². The quantitative estimate of drug-likeness (QED) is 0.703. The van der Waals surface area contributed by atoms with Gasteiger partial charge in [0.2, 0.25) is 11.8 Å². The summed E-state index contributed by atoms with van der Waals surface area (Å²) < 4.78 is 15.6. The van der Waals surface area contributed by atoms with E-state index in [-0.39, 0.29) is 6.10 Å². The highest BCUT2D eigenvalue weighted by molar-refractivity contribution is 4.88. The Hall–Kier alpha value is -0.940. The van der Waals surface area contributed by atoms with Gasteiger partial charge < -0.3 is 13.9 Å². The van der Waals surface area contributed by atoms with Crippen LogP contribution in [0.2, 0.25) is 0 Å². The van der Waals surface area contributed by atoms with Gasteiger partial charge in [-0.1, -0.05) is 0 Å². The molecule has 0 aliphatic carbocycles. The summed E-state index contributed by atoms with van der Waals surface area (Å²) in [5, 5.41) is 7.72. The van der Waals surface area contributed by atoms with E-state index in [1.54, 1.807) is 7.11 Å². The van der Waals surface area contributed by atoms with E-state index in [1.165, 1.54) is 0 Å². The molecule has 5 heteroatoms. The standard InChI is InChI=1S/C8H12N2O3/c1-11-5-7-9-10-8(13-7)6-3-2-4-12-6/h6H,2-5H2,1H3. The van der Waals surface area contributed by atoms with Crippen LogP contribution >= 0.6 is 0 Å². The van der Waals surface area contributed by atoms with E-state index in [0.29, 0.717) is 18.4 Å². The van der Waals surface area contributed by atoms with Gasteiger partial charge in [-0.3, -0.25) is 0 Å². The zero-order valence-corrected chi connectivity index (χ0v) is 7.52. The maximum Gasteiger partial charge on any atom is 0.245 e. The first-order chi connectivity index (χ1) is 6.40. The van der Waals surface area contributed by atoms with E-state index >= 15 is 0 Å². The van der Waals surface area contributed by atoms with Crippen LogP contribution < -0.4 is 0 Å². The Labute approximate surface area is 76.0 Å². The Bertz CT molecular complexity index is 268. The molecule has 0 spiro atoms. The molecule has 1 saturated heterocycles. The average molecular weight is 184 g/mol. The minimum Gasteiger partial charge on any atom is -0.420 e. The molecule has 0 radical (unpaired) electrons. The number of methoxy groups -OCH3 is 1. The molecule has 1 atom stereocenters. The fraction of sp³-hybridized carbons (Fsp3) is 0.750. The lowest BCUT2D eigenvalue weighted by Crippen LogP contribution is -1.95. The first kappa shape index (κ1) is 8.65. The minimum absolute atomic E-state index is 0.00175. The molecule has 1 fully saturated rings. The molecular weight excluding hydrogens is 172 g/mol. The van der Waals surface area contributed by atoms with Crippen molar-refractivity contribution in [1.29, 1.82) is 0 Å². The lowest BCUT2D eigenvalue weighted by molar-refractivity contribution is 0.0842. The Morgan fingerprint density at radius 1 is 1.54 bits per heavy atom. The third-order valence-electron chi connectivity index (χ3n) is 1.96. The molecule has 1 unspecified atom stereocenters. The van der Waals surface area contributed by atoms with E-state index in [0.717, 1.165) is 19.4 Å². The van der Waals surface area contributed by atoms with Gasteiger partial charge in [-0.2, -0.15) is 0 Å². The van der Waals surface area contributed by atoms with Crippen molar-refractivity contribution in [3.05, 3.63) is 11.8 Å². The van der Waals surface area contributed by atoms with Crippen LogP contribution in [0.3, 0.4) is 0 Å². The highest BCUT2D eigenvalue weighted by atomic mass is 16.5. The Morgan fingerprint density at radius 3 is 3.15 bits per heavy atom. The van der Waals surface area contributed by atoms with Crippen molar-refractivity contribution < 1.29 is 13.9 Å². The third-order valence-corrected chi connectivity index (χ3v) is 1.96. The smallest absolute Gasteiger partial charge is 0.245 e. The number of aromatic nitrogens is 2. The van der Waals surface area contributed by atoms with Gasteiger partial charge in [-0.25, -0.2) is 0 Å². The lowest BCUT2D eigenvalue weighted by Gasteiger charge is -2.01. The van der Waals surface area contributed by atoms with Crippen molar-refractivity contribution in [3.8, 4) is 0 Å². The number of hydrogen-bond donors (Lipinski definition) is 0. The molecule has 2 heterocycles. The van der Waals surface area contributed by atoms with E-state index in [1.807, 2.05) is 0 Å². The SMILES string of the molecule is COCc1nnc(C2CCCO2)o1. The second-order valence-corrected chi connectivity index (χ2v) is 2.97. The van der Waals surface area contributed by atoms with Gasteiger partial charge >= 0.3 is 0 Å². The van der Waals surface area contributed by atoms with E-state index in [9.17, 15) is 0 Å². The zero-order chi connectivity index (χ0) is 9.10. The summed E-state index contributed by atoms with van der Waals surface area (Å²) in [5.41, 5.74) is 0. The predicted molar refractivity (Wildman–Crippen MR) is 42.9 cm³/mol. The van der Waals surface area contributed by atoms with Crippen LogP contribution in [-0.2, 0) is 16.1 Å². The lowest BCUT2D eigenvalue weighted by atomic mass is 10.2. The first-order valence-corrected chi connectivity index (χ1v) is 4.33. The van der Waals surface area contributed by atoms with Crippen LogP contribution in [0, 0.1) is 0 Å². The van der Waals surface area contributed by atoms with Crippen molar-refractivity contribution in [1.82, 2.24) is 10.2 Å². The molecule has 1 aromatic heterocycles. The van der Waals surface area contributed by atoms with E-state index < -0.39 is 0 Å². The normalized spacial score (nSPS) is 22.4. The van der Waals surface area contributed by atoms with Gasteiger partial charge in [0.25, 0.3) is 0 Å². The zero-order valence-electron chi connectivity index (χ0n) is 7.52. The molecule has 0 bridgehead atoms. The minimum atomic E-state index is -0.00175. The highest BCUT2D eigenvalue weighted by Crippen LogP contribution is 2.27. The maximum absolute atomic E-state index is 5.39. The summed E-state index contributed by atoms with van der Waals surface area (Å²) in [6.45, 7) is 1.15. The monoisotopic (exact) mass is 184 g/mol. The van der Waals surface area contributed by atoms with Crippen LogP contribution in [0.1, 0.15) is 30.7 Å². The molecule has 13 heavy (non-hydrogen) atoms. The fourth-order valence-corrected chi connectivity index (χ4v) is 1.35. The second kappa shape index (κ2) is 3.85. The molecule has 1 aliphatic heterocycles. The molecule has 72 valence electrons. The topological polar surface area (TPSA) is 57.4 Å². The van der Waals surface area contributed by atoms with E-state index in [2.05, 4.69) is 10.2 Å². The van der Waals surface area contributed by atoms with Crippen molar-refractivity contribution in [2.24, 2.45) is 0 Å². The first-order valence-electron chi connectivity index (χ1n) is 4.33. The van der Waals surface area contributed by atoms with Crippen molar-refractivity contribution in [2.45, 2.75) is 25.6 Å². The predicted octanol–water partition coefficient (Wildman–Crippen LogP) is 1.07. The molecule has 1 aliphatic rings. The van der Waals surface area contributed by atoms with Gasteiger partial charge in [0.1, 0.15) is 12.7 Å². The molecule has 2 rings (SSSR count). The molecule has 1 aromatic rings. The molecular formula is C8H12N2O3. The van der Waals surface area contributed by atoms with Crippen molar-refractivity contribution in [2.75, 3.05) is 13.7 Å². The summed E-state index contributed by atoms with van der Waals surface area (Å²) >= 11 is 0. The summed E-state index contributed by atoms with van der Waals surface area (Å²) in [5.74, 6) is 1.08. The summed E-state index contributed by atoms with van der Waals surface area (Å²) in [6.07, 6.45) is 2.03. The Morgan fingerprint density at radius 2 is 2.46 bits per heavy atom. The number of hydrogen-bond acceptors (Lipinski definition) is 5. The summed E-state index contributed by atoms with van der Waals surface area (Å²) in [6, 6.07) is 0. The third kappa shape index (κ3) is 1.87. The van der Waals surface area contributed by atoms with Crippen LogP contribution in [-0.4, -0.2) is 23.9 Å². The average Bonchev–Trinajstić information content (AvgIpc) is 2.70. The fourth-order valence-electron chi connectivity index (χ4n) is 1.35. The second-order valence-electron chi connectivity index (χ2n) is 2.97. The van der Waals surface area contributed by atoms with Crippen molar-refractivity contribution >= 4 is 0 Å². The van der Waals surface area contributed by atoms with Gasteiger partial charge in [0.05, 0.1) is 0 Å². The number of nitrogens with zero attached hydrogens (tertiary/aromatic N) is 2. The Kier molecular flexibility index (Phi) is 2.56. The molecule has 0 saturated carbocycles. The van der Waals surface area contributed by atoms with Crippen LogP contribution in [0.25, 0.3) is 0 Å². The van der Waals surface area contributed by atoms with E-state index in [4.69, 9.17) is 13.9 Å². The molecule has 0 aromatic carbocycles. The van der Waals surface area contributed by atoms with Gasteiger partial charge in [0.15, 0.2) is 0 Å². The molecule has 0 amide bonds. The van der Waals surface area contributed by atoms with Crippen LogP contribution in [0.5, 0.6) is 0 Å². The van der Waals surface area contributed by atoms with Gasteiger partial charge in [-0.05, 0) is 12.8 Å². The van der Waals surface area contributed by atoms with Gasteiger partial charge in [-0.15, -0.1) is 10.2 Å². The van der Waals surface area contributed by atoms with Crippen LogP contribution in [0.4, 0.5) is 0 Å². The number of rotatable bonds is 3. The summed E-state index contributed by atoms with van der Waals surface area (Å²) in [7, 11) is 1.59. The molecule has 5 nitrogen and oxygen atoms in total. The van der Waals surface area contributed by atoms with Gasteiger partial charge in [0, 0.05) is 13.7 Å².